The van der Waals surface area contributed by atoms with Crippen molar-refractivity contribution in [3.63, 3.8) is 0 Å². The van der Waals surface area contributed by atoms with Crippen molar-refractivity contribution in [1.82, 2.24) is 4.90 Å². The molecule has 1 heterocycles. The number of benzene rings is 2. The van der Waals surface area contributed by atoms with Gasteiger partial charge in [0.05, 0.1) is 6.54 Å². The van der Waals surface area contributed by atoms with Crippen LogP contribution >= 0.6 is 0 Å². The first kappa shape index (κ1) is 13.6. The molecule has 105 valence electrons. The summed E-state index contributed by atoms with van der Waals surface area (Å²) in [4.78, 5) is 13.9. The van der Waals surface area contributed by atoms with Gasteiger partial charge in [-0.2, -0.15) is 0 Å². The second-order valence-corrected chi connectivity index (χ2v) is 5.36. The fraction of sp³-hybridized carbons (Fsp3) is 0.211. The minimum absolute atomic E-state index is 0.208. The molecule has 0 spiro atoms. The highest BCUT2D eigenvalue weighted by Crippen LogP contribution is 2.21. The molecule has 0 N–H and O–H groups in total. The summed E-state index contributed by atoms with van der Waals surface area (Å²) in [6, 6.07) is 21.4. The molecule has 1 aliphatic rings. The van der Waals surface area contributed by atoms with Gasteiger partial charge in [-0.25, -0.2) is 0 Å². The van der Waals surface area contributed by atoms with E-state index in [-0.39, 0.29) is 5.91 Å². The summed E-state index contributed by atoms with van der Waals surface area (Å²) in [7, 11) is 0. The van der Waals surface area contributed by atoms with Crippen LogP contribution in [-0.4, -0.2) is 10.8 Å². The van der Waals surface area contributed by atoms with Crippen molar-refractivity contribution in [3.8, 4) is 0 Å². The molecule has 21 heavy (non-hydrogen) atoms. The molecule has 0 unspecified atom stereocenters. The van der Waals surface area contributed by atoms with Gasteiger partial charge in [0, 0.05) is 12.6 Å². The molecule has 0 bridgehead atoms. The third-order valence-electron chi connectivity index (χ3n) is 3.71. The molecule has 0 atom stereocenters. The summed E-state index contributed by atoms with van der Waals surface area (Å²) >= 11 is 0. The minimum atomic E-state index is 0.208. The van der Waals surface area contributed by atoms with Crippen LogP contribution in [0.4, 0.5) is 0 Å². The highest BCUT2D eigenvalue weighted by molar-refractivity contribution is 5.78. The van der Waals surface area contributed by atoms with E-state index >= 15 is 0 Å². The molecule has 1 amide bonds. The van der Waals surface area contributed by atoms with Gasteiger partial charge in [0.1, 0.15) is 0 Å². The lowest BCUT2D eigenvalue weighted by Gasteiger charge is -2.25. The Balaban J connectivity index is 1.73. The molecule has 2 aromatic carbocycles. The van der Waals surface area contributed by atoms with E-state index in [1.807, 2.05) is 47.5 Å². The standard InChI is InChI=1S/C19H18NO/c21-19-12-11-18(13-16-7-3-1-4-8-16)15-20(19)14-17-9-5-2-6-10-17/h1-7,9-10,15H,11-14H2. The summed E-state index contributed by atoms with van der Waals surface area (Å²) in [5.74, 6) is 0.208. The molecular formula is C19H18NO. The zero-order chi connectivity index (χ0) is 14.5. The molecule has 2 aromatic rings. The Morgan fingerprint density at radius 1 is 1.00 bits per heavy atom. The van der Waals surface area contributed by atoms with Gasteiger partial charge >= 0.3 is 0 Å². The number of nitrogens with zero attached hydrogens (tertiary/aromatic N) is 1. The van der Waals surface area contributed by atoms with E-state index in [1.54, 1.807) is 0 Å². The Kier molecular flexibility index (Phi) is 4.15. The van der Waals surface area contributed by atoms with Crippen LogP contribution in [-0.2, 0) is 17.8 Å². The second kappa shape index (κ2) is 6.40. The number of hydrogen-bond donors (Lipinski definition) is 0. The van der Waals surface area contributed by atoms with Crippen LogP contribution in [0.25, 0.3) is 0 Å². The van der Waals surface area contributed by atoms with E-state index in [2.05, 4.69) is 24.3 Å². The molecule has 0 saturated carbocycles. The van der Waals surface area contributed by atoms with Crippen molar-refractivity contribution >= 4 is 5.91 Å². The van der Waals surface area contributed by atoms with Crippen molar-refractivity contribution < 1.29 is 4.79 Å². The normalized spacial score (nSPS) is 15.0. The molecule has 0 saturated heterocycles. The zero-order valence-corrected chi connectivity index (χ0v) is 12.0. The molecule has 0 aliphatic carbocycles. The molecule has 1 radical (unpaired) electrons. The molecule has 2 nitrogen and oxygen atoms in total. The predicted octanol–water partition coefficient (Wildman–Crippen LogP) is 3.74. The van der Waals surface area contributed by atoms with Crippen molar-refractivity contribution in [2.45, 2.75) is 25.8 Å². The number of hydrogen-bond acceptors (Lipinski definition) is 1. The third-order valence-corrected chi connectivity index (χ3v) is 3.71. The summed E-state index contributed by atoms with van der Waals surface area (Å²) in [5.41, 5.74) is 3.64. The van der Waals surface area contributed by atoms with Crippen LogP contribution in [0.5, 0.6) is 0 Å². The van der Waals surface area contributed by atoms with E-state index < -0.39 is 0 Å². The lowest BCUT2D eigenvalue weighted by Crippen LogP contribution is -2.29. The van der Waals surface area contributed by atoms with Gasteiger partial charge in [-0.15, -0.1) is 0 Å². The maximum atomic E-state index is 12.1. The summed E-state index contributed by atoms with van der Waals surface area (Å²) < 4.78 is 0. The minimum Gasteiger partial charge on any atom is -0.315 e. The predicted molar refractivity (Wildman–Crippen MR) is 83.3 cm³/mol. The monoisotopic (exact) mass is 276 g/mol. The lowest BCUT2D eigenvalue weighted by atomic mass is 9.99. The van der Waals surface area contributed by atoms with Gasteiger partial charge < -0.3 is 4.90 Å². The molecule has 3 rings (SSSR count). The van der Waals surface area contributed by atoms with Gasteiger partial charge in [0.25, 0.3) is 0 Å². The molecule has 1 aliphatic heterocycles. The van der Waals surface area contributed by atoms with Crippen LogP contribution in [0.1, 0.15) is 24.0 Å². The van der Waals surface area contributed by atoms with E-state index in [9.17, 15) is 4.79 Å². The topological polar surface area (TPSA) is 20.3 Å². The quantitative estimate of drug-likeness (QED) is 0.833. The van der Waals surface area contributed by atoms with Crippen molar-refractivity contribution in [3.05, 3.63) is 83.6 Å². The van der Waals surface area contributed by atoms with Crippen LogP contribution in [0.2, 0.25) is 0 Å². The van der Waals surface area contributed by atoms with Crippen molar-refractivity contribution in [2.75, 3.05) is 0 Å². The smallest absolute Gasteiger partial charge is 0.227 e. The Bertz CT molecular complexity index is 631. The van der Waals surface area contributed by atoms with Gasteiger partial charge in [-0.1, -0.05) is 54.6 Å². The molecular weight excluding hydrogens is 258 g/mol. The number of carbonyl (C=O) groups excluding carboxylic acids is 1. The first-order chi connectivity index (χ1) is 10.3. The van der Waals surface area contributed by atoms with Gasteiger partial charge in [-0.3, -0.25) is 4.79 Å². The molecule has 0 fully saturated rings. The highest BCUT2D eigenvalue weighted by Gasteiger charge is 2.18. The summed E-state index contributed by atoms with van der Waals surface area (Å²) in [6.45, 7) is 0.654. The lowest BCUT2D eigenvalue weighted by molar-refractivity contribution is -0.129. The second-order valence-electron chi connectivity index (χ2n) is 5.36. The third kappa shape index (κ3) is 3.60. The Morgan fingerprint density at radius 3 is 2.57 bits per heavy atom. The van der Waals surface area contributed by atoms with Crippen molar-refractivity contribution in [2.24, 2.45) is 0 Å². The van der Waals surface area contributed by atoms with E-state index in [4.69, 9.17) is 0 Å². The number of carbonyl (C=O) groups is 1. The van der Waals surface area contributed by atoms with Gasteiger partial charge in [-0.05, 0) is 35.6 Å². The van der Waals surface area contributed by atoms with Crippen molar-refractivity contribution in [1.29, 1.82) is 0 Å². The van der Waals surface area contributed by atoms with Crippen LogP contribution < -0.4 is 0 Å². The zero-order valence-electron chi connectivity index (χ0n) is 12.0. The Morgan fingerprint density at radius 2 is 1.81 bits per heavy atom. The van der Waals surface area contributed by atoms with Crippen LogP contribution in [0, 0.1) is 6.07 Å². The maximum absolute atomic E-state index is 12.1. The Hall–Kier alpha value is -2.35. The molecule has 2 heteroatoms. The van der Waals surface area contributed by atoms with E-state index in [0.717, 1.165) is 18.4 Å². The number of rotatable bonds is 4. The number of allylic oxidation sites excluding steroid dienone is 1. The average Bonchev–Trinajstić information content (AvgIpc) is 2.53. The van der Waals surface area contributed by atoms with Crippen LogP contribution in [0.3, 0.4) is 0 Å². The van der Waals surface area contributed by atoms with Gasteiger partial charge in [0.2, 0.25) is 5.91 Å². The van der Waals surface area contributed by atoms with E-state index in [0.29, 0.717) is 13.0 Å². The summed E-state index contributed by atoms with van der Waals surface area (Å²) in [6.07, 6.45) is 4.36. The fourth-order valence-corrected chi connectivity index (χ4v) is 2.60. The van der Waals surface area contributed by atoms with Gasteiger partial charge in [0.15, 0.2) is 0 Å². The Labute approximate surface area is 125 Å². The maximum Gasteiger partial charge on any atom is 0.227 e. The first-order valence-corrected chi connectivity index (χ1v) is 7.30. The fourth-order valence-electron chi connectivity index (χ4n) is 2.60. The SMILES string of the molecule is O=C1CCC(Cc2[c]cccc2)=CN1Cc1ccccc1. The van der Waals surface area contributed by atoms with E-state index in [1.165, 1.54) is 11.1 Å². The summed E-state index contributed by atoms with van der Waals surface area (Å²) in [5, 5.41) is 0. The first-order valence-electron chi connectivity index (χ1n) is 7.30. The average molecular weight is 276 g/mol. The molecule has 0 aromatic heterocycles. The number of amides is 1. The van der Waals surface area contributed by atoms with Crippen LogP contribution in [0.15, 0.2) is 66.4 Å². The largest absolute Gasteiger partial charge is 0.315 e. The highest BCUT2D eigenvalue weighted by atomic mass is 16.2.